The number of sulfonamides is 2. The fourth-order valence-electron chi connectivity index (χ4n) is 1.89. The van der Waals surface area contributed by atoms with Gasteiger partial charge in [-0.1, -0.05) is 6.07 Å². The van der Waals surface area contributed by atoms with E-state index < -0.39 is 20.0 Å². The Labute approximate surface area is 117 Å². The summed E-state index contributed by atoms with van der Waals surface area (Å²) in [6.45, 7) is 0.985. The third kappa shape index (κ3) is 3.76. The third-order valence-electron chi connectivity index (χ3n) is 2.87. The van der Waals surface area contributed by atoms with Crippen LogP contribution in [0.5, 0.6) is 0 Å². The summed E-state index contributed by atoms with van der Waals surface area (Å²) in [5, 5.41) is 1.66. The molecule has 1 aromatic rings. The van der Waals surface area contributed by atoms with Crippen molar-refractivity contribution in [1.82, 2.24) is 9.03 Å². The fourth-order valence-corrected chi connectivity index (χ4v) is 5.52. The molecule has 1 aliphatic rings. The van der Waals surface area contributed by atoms with E-state index in [1.54, 1.807) is 11.4 Å². The Balaban J connectivity index is 1.90. The summed E-state index contributed by atoms with van der Waals surface area (Å²) in [6.07, 6.45) is 1.75. The zero-order chi connectivity index (χ0) is 13.9. The summed E-state index contributed by atoms with van der Waals surface area (Å²) in [5.74, 6) is -0.197. The molecule has 0 aliphatic carbocycles. The minimum atomic E-state index is -3.58. The van der Waals surface area contributed by atoms with E-state index in [0.717, 1.165) is 24.2 Å². The fraction of sp³-hybridized carbons (Fsp3) is 0.600. The van der Waals surface area contributed by atoms with Crippen LogP contribution in [0.3, 0.4) is 0 Å². The average molecular weight is 324 g/mol. The third-order valence-corrected chi connectivity index (χ3v) is 7.60. The molecule has 6 nitrogen and oxygen atoms in total. The molecule has 9 heteroatoms. The van der Waals surface area contributed by atoms with Crippen molar-refractivity contribution in [3.05, 3.63) is 17.5 Å². The Kier molecular flexibility index (Phi) is 4.62. The van der Waals surface area contributed by atoms with Crippen molar-refractivity contribution < 1.29 is 16.8 Å². The molecule has 1 saturated heterocycles. The summed E-state index contributed by atoms with van der Waals surface area (Å²) < 4.78 is 51.3. The molecule has 1 N–H and O–H groups in total. The Bertz CT molecular complexity index is 601. The molecular weight excluding hydrogens is 308 g/mol. The van der Waals surface area contributed by atoms with Crippen molar-refractivity contribution in [3.63, 3.8) is 0 Å². The molecule has 0 spiro atoms. The van der Waals surface area contributed by atoms with Crippen LogP contribution >= 0.6 is 11.3 Å². The van der Waals surface area contributed by atoms with Gasteiger partial charge in [0.1, 0.15) is 4.21 Å². The van der Waals surface area contributed by atoms with Gasteiger partial charge in [0.2, 0.25) is 20.0 Å². The topological polar surface area (TPSA) is 83.5 Å². The predicted molar refractivity (Wildman–Crippen MR) is 74.1 cm³/mol. The van der Waals surface area contributed by atoms with E-state index in [4.69, 9.17) is 0 Å². The average Bonchev–Trinajstić information content (AvgIpc) is 3.03. The highest BCUT2D eigenvalue weighted by molar-refractivity contribution is 7.91. The lowest BCUT2D eigenvalue weighted by atomic mass is 10.4. The molecule has 108 valence electrons. The van der Waals surface area contributed by atoms with E-state index in [-0.39, 0.29) is 16.5 Å². The minimum Gasteiger partial charge on any atom is -0.212 e. The largest absolute Gasteiger partial charge is 0.250 e. The molecular formula is C10H16N2O4S3. The molecule has 0 saturated carbocycles. The molecule has 0 amide bonds. The number of hydrogen-bond acceptors (Lipinski definition) is 5. The van der Waals surface area contributed by atoms with Gasteiger partial charge in [-0.15, -0.1) is 11.3 Å². The van der Waals surface area contributed by atoms with Crippen LogP contribution < -0.4 is 4.72 Å². The van der Waals surface area contributed by atoms with Crippen LogP contribution in [0.2, 0.25) is 0 Å². The van der Waals surface area contributed by atoms with Crippen LogP contribution in [0.15, 0.2) is 21.7 Å². The molecule has 0 aromatic carbocycles. The second-order valence-electron chi connectivity index (χ2n) is 4.25. The lowest BCUT2D eigenvalue weighted by molar-refractivity contribution is 0.477. The van der Waals surface area contributed by atoms with Gasteiger partial charge in [0.25, 0.3) is 0 Å². The molecule has 19 heavy (non-hydrogen) atoms. The zero-order valence-electron chi connectivity index (χ0n) is 10.3. The highest BCUT2D eigenvalue weighted by Gasteiger charge is 2.25. The van der Waals surface area contributed by atoms with Crippen LogP contribution in [0.25, 0.3) is 0 Å². The number of rotatable bonds is 6. The Hall–Kier alpha value is -0.480. The van der Waals surface area contributed by atoms with E-state index >= 15 is 0 Å². The first-order valence-corrected chi connectivity index (χ1v) is 9.90. The van der Waals surface area contributed by atoms with Crippen molar-refractivity contribution in [2.24, 2.45) is 0 Å². The number of nitrogens with zero attached hydrogens (tertiary/aromatic N) is 1. The second-order valence-corrected chi connectivity index (χ2v) is 9.28. The Morgan fingerprint density at radius 2 is 1.89 bits per heavy atom. The van der Waals surface area contributed by atoms with Gasteiger partial charge in [-0.2, -0.15) is 0 Å². The van der Waals surface area contributed by atoms with Gasteiger partial charge >= 0.3 is 0 Å². The van der Waals surface area contributed by atoms with Crippen molar-refractivity contribution in [2.45, 2.75) is 17.1 Å². The number of hydrogen-bond donors (Lipinski definition) is 1. The van der Waals surface area contributed by atoms with Crippen molar-refractivity contribution in [3.8, 4) is 0 Å². The number of thiophene rings is 1. The SMILES string of the molecule is O=S(=O)(NCCS(=O)(=O)N1CCCC1)c1cccs1. The quantitative estimate of drug-likeness (QED) is 0.823. The van der Waals surface area contributed by atoms with Gasteiger partial charge in [0.05, 0.1) is 5.75 Å². The van der Waals surface area contributed by atoms with Crippen LogP contribution in [0, 0.1) is 0 Å². The maximum atomic E-state index is 11.9. The molecule has 1 fully saturated rings. The smallest absolute Gasteiger partial charge is 0.212 e. The van der Waals surface area contributed by atoms with Crippen molar-refractivity contribution in [1.29, 1.82) is 0 Å². The molecule has 0 unspecified atom stereocenters. The zero-order valence-corrected chi connectivity index (χ0v) is 12.7. The minimum absolute atomic E-state index is 0.0981. The molecule has 0 radical (unpaired) electrons. The van der Waals surface area contributed by atoms with Gasteiger partial charge in [-0.3, -0.25) is 0 Å². The van der Waals surface area contributed by atoms with Crippen LogP contribution in [-0.4, -0.2) is 46.5 Å². The maximum Gasteiger partial charge on any atom is 0.250 e. The van der Waals surface area contributed by atoms with E-state index in [9.17, 15) is 16.8 Å². The van der Waals surface area contributed by atoms with Gasteiger partial charge < -0.3 is 0 Å². The highest BCUT2D eigenvalue weighted by atomic mass is 32.2. The first kappa shape index (κ1) is 14.9. The summed E-state index contributed by atoms with van der Waals surface area (Å²) in [4.78, 5) is 0. The summed E-state index contributed by atoms with van der Waals surface area (Å²) in [5.41, 5.74) is 0. The summed E-state index contributed by atoms with van der Waals surface area (Å²) in [7, 11) is -6.92. The first-order valence-electron chi connectivity index (χ1n) is 5.93. The summed E-state index contributed by atoms with van der Waals surface area (Å²) >= 11 is 1.10. The summed E-state index contributed by atoms with van der Waals surface area (Å²) in [6, 6.07) is 3.13. The van der Waals surface area contributed by atoms with Crippen LogP contribution in [0.4, 0.5) is 0 Å². The molecule has 0 atom stereocenters. The van der Waals surface area contributed by atoms with E-state index in [1.165, 1.54) is 10.4 Å². The van der Waals surface area contributed by atoms with Gasteiger partial charge in [-0.25, -0.2) is 25.9 Å². The van der Waals surface area contributed by atoms with Crippen LogP contribution in [-0.2, 0) is 20.0 Å². The van der Waals surface area contributed by atoms with E-state index in [2.05, 4.69) is 4.72 Å². The lowest BCUT2D eigenvalue weighted by Crippen LogP contribution is -2.36. The Morgan fingerprint density at radius 3 is 2.47 bits per heavy atom. The predicted octanol–water partition coefficient (Wildman–Crippen LogP) is 0.452. The Morgan fingerprint density at radius 1 is 1.21 bits per heavy atom. The van der Waals surface area contributed by atoms with Gasteiger partial charge in [-0.05, 0) is 24.3 Å². The normalized spacial score (nSPS) is 17.9. The highest BCUT2D eigenvalue weighted by Crippen LogP contribution is 2.16. The molecule has 2 rings (SSSR count). The van der Waals surface area contributed by atoms with Crippen LogP contribution in [0.1, 0.15) is 12.8 Å². The molecule has 0 bridgehead atoms. The molecule has 1 aliphatic heterocycles. The lowest BCUT2D eigenvalue weighted by Gasteiger charge is -2.15. The second kappa shape index (κ2) is 5.88. The van der Waals surface area contributed by atoms with Crippen molar-refractivity contribution in [2.75, 3.05) is 25.4 Å². The number of nitrogens with one attached hydrogen (secondary N) is 1. The first-order chi connectivity index (χ1) is 8.92. The molecule has 2 heterocycles. The monoisotopic (exact) mass is 324 g/mol. The van der Waals surface area contributed by atoms with Gasteiger partial charge in [0, 0.05) is 19.6 Å². The maximum absolute atomic E-state index is 11.9. The van der Waals surface area contributed by atoms with E-state index in [1.807, 2.05) is 0 Å². The van der Waals surface area contributed by atoms with Crippen molar-refractivity contribution >= 4 is 31.4 Å². The standard InChI is InChI=1S/C10H16N2O4S3/c13-18(14,12-6-1-2-7-12)9-5-11-19(15,16)10-4-3-8-17-10/h3-4,8,11H,1-2,5-7,9H2. The molecule has 1 aromatic heterocycles. The van der Waals surface area contributed by atoms with E-state index in [0.29, 0.717) is 13.1 Å². The van der Waals surface area contributed by atoms with Gasteiger partial charge in [0.15, 0.2) is 0 Å².